The second-order valence-electron chi connectivity index (χ2n) is 3.98. The molecule has 7 heteroatoms. The van der Waals surface area contributed by atoms with Crippen LogP contribution in [-0.2, 0) is 10.0 Å². The van der Waals surface area contributed by atoms with Crippen molar-refractivity contribution in [2.45, 2.75) is 24.8 Å². The number of rotatable bonds is 5. The Morgan fingerprint density at radius 2 is 2.00 bits per heavy atom. The number of hydrogen-bond donors (Lipinski definition) is 2. The van der Waals surface area contributed by atoms with Crippen LogP contribution in [0.5, 0.6) is 0 Å². The quantitative estimate of drug-likeness (QED) is 0.873. The second kappa shape index (κ2) is 7.31. The molecule has 4 nitrogen and oxygen atoms in total. The Hall–Kier alpha value is -0.330. The summed E-state index contributed by atoms with van der Waals surface area (Å²) >= 11 is 5.93. The number of benzene rings is 1. The van der Waals surface area contributed by atoms with E-state index >= 15 is 0 Å². The standard InChI is InChI=1S/C11H17ClN2O2S.ClH/c1-8-4-5-11(10(12)6-8)17(15,16)14-7-9(2)13-3;/h4-6,9,13-14H,7H2,1-3H3;1H. The Labute approximate surface area is 120 Å². The molecule has 1 unspecified atom stereocenters. The minimum atomic E-state index is -3.53. The van der Waals surface area contributed by atoms with Crippen molar-refractivity contribution in [2.75, 3.05) is 13.6 Å². The van der Waals surface area contributed by atoms with Crippen molar-refractivity contribution in [1.29, 1.82) is 0 Å². The monoisotopic (exact) mass is 312 g/mol. The highest BCUT2D eigenvalue weighted by Gasteiger charge is 2.17. The first-order valence-electron chi connectivity index (χ1n) is 5.30. The highest BCUT2D eigenvalue weighted by molar-refractivity contribution is 7.89. The fourth-order valence-corrected chi connectivity index (χ4v) is 2.97. The lowest BCUT2D eigenvalue weighted by atomic mass is 10.2. The van der Waals surface area contributed by atoms with Gasteiger partial charge in [-0.3, -0.25) is 0 Å². The Morgan fingerprint density at radius 3 is 2.50 bits per heavy atom. The van der Waals surface area contributed by atoms with Gasteiger partial charge in [0.1, 0.15) is 4.90 Å². The first-order chi connectivity index (χ1) is 7.86. The molecule has 18 heavy (non-hydrogen) atoms. The maximum Gasteiger partial charge on any atom is 0.242 e. The van der Waals surface area contributed by atoms with Gasteiger partial charge in [0, 0.05) is 12.6 Å². The van der Waals surface area contributed by atoms with Gasteiger partial charge in [-0.1, -0.05) is 17.7 Å². The molecular weight excluding hydrogens is 295 g/mol. The first kappa shape index (κ1) is 17.7. The summed E-state index contributed by atoms with van der Waals surface area (Å²) in [5.74, 6) is 0. The van der Waals surface area contributed by atoms with Crippen molar-refractivity contribution >= 4 is 34.0 Å². The van der Waals surface area contributed by atoms with Gasteiger partial charge in [-0.05, 0) is 38.6 Å². The van der Waals surface area contributed by atoms with Gasteiger partial charge in [-0.2, -0.15) is 0 Å². The largest absolute Gasteiger partial charge is 0.316 e. The maximum absolute atomic E-state index is 12.0. The molecule has 1 atom stereocenters. The van der Waals surface area contributed by atoms with Gasteiger partial charge < -0.3 is 5.32 Å². The van der Waals surface area contributed by atoms with Crippen molar-refractivity contribution in [3.05, 3.63) is 28.8 Å². The zero-order valence-corrected chi connectivity index (χ0v) is 12.9. The number of sulfonamides is 1. The molecule has 0 aliphatic rings. The fraction of sp³-hybridized carbons (Fsp3) is 0.455. The number of nitrogens with one attached hydrogen (secondary N) is 2. The molecule has 0 aliphatic carbocycles. The van der Waals surface area contributed by atoms with Crippen LogP contribution in [0.2, 0.25) is 5.02 Å². The average Bonchev–Trinajstić information content (AvgIpc) is 2.25. The minimum absolute atomic E-state index is 0. The van der Waals surface area contributed by atoms with Gasteiger partial charge in [0.2, 0.25) is 10.0 Å². The van der Waals surface area contributed by atoms with Crippen molar-refractivity contribution in [3.63, 3.8) is 0 Å². The van der Waals surface area contributed by atoms with E-state index in [0.29, 0.717) is 6.54 Å². The fourth-order valence-electron chi connectivity index (χ4n) is 1.24. The summed E-state index contributed by atoms with van der Waals surface area (Å²) in [5.41, 5.74) is 0.928. The molecule has 0 saturated heterocycles. The molecule has 104 valence electrons. The third-order valence-electron chi connectivity index (χ3n) is 2.45. The molecule has 0 amide bonds. The van der Waals surface area contributed by atoms with Crippen molar-refractivity contribution in [3.8, 4) is 0 Å². The number of likely N-dealkylation sites (N-methyl/N-ethyl adjacent to an activating group) is 1. The van der Waals surface area contributed by atoms with Gasteiger partial charge in [0.05, 0.1) is 5.02 Å². The van der Waals surface area contributed by atoms with Gasteiger partial charge in [0.15, 0.2) is 0 Å². The zero-order valence-electron chi connectivity index (χ0n) is 10.5. The van der Waals surface area contributed by atoms with Crippen LogP contribution in [0.15, 0.2) is 23.1 Å². The van der Waals surface area contributed by atoms with Crippen LogP contribution in [0.25, 0.3) is 0 Å². The molecular formula is C11H18Cl2N2O2S. The van der Waals surface area contributed by atoms with E-state index in [1.807, 2.05) is 13.8 Å². The molecule has 2 N–H and O–H groups in total. The molecule has 0 aliphatic heterocycles. The van der Waals surface area contributed by atoms with Crippen LogP contribution in [-0.4, -0.2) is 28.1 Å². The van der Waals surface area contributed by atoms with Crippen LogP contribution in [0.1, 0.15) is 12.5 Å². The van der Waals surface area contributed by atoms with E-state index in [9.17, 15) is 8.42 Å². The molecule has 1 aromatic carbocycles. The first-order valence-corrected chi connectivity index (χ1v) is 7.16. The van der Waals surface area contributed by atoms with Crippen molar-refractivity contribution in [2.24, 2.45) is 0 Å². The summed E-state index contributed by atoms with van der Waals surface area (Å²) in [6, 6.07) is 4.94. The summed E-state index contributed by atoms with van der Waals surface area (Å²) in [7, 11) is -1.76. The van der Waals surface area contributed by atoms with E-state index in [-0.39, 0.29) is 28.4 Å². The molecule has 0 spiro atoms. The Balaban J connectivity index is 0.00000289. The summed E-state index contributed by atoms with van der Waals surface area (Å²) < 4.78 is 26.4. The zero-order chi connectivity index (χ0) is 13.1. The molecule has 0 aromatic heterocycles. The average molecular weight is 313 g/mol. The Morgan fingerprint density at radius 1 is 1.39 bits per heavy atom. The Kier molecular flexibility index (Phi) is 7.17. The lowest BCUT2D eigenvalue weighted by molar-refractivity contribution is 0.554. The molecule has 1 rings (SSSR count). The predicted octanol–water partition coefficient (Wildman–Crippen LogP) is 1.96. The number of aryl methyl sites for hydroxylation is 1. The highest BCUT2D eigenvalue weighted by atomic mass is 35.5. The van der Waals surface area contributed by atoms with Crippen LogP contribution >= 0.6 is 24.0 Å². The summed E-state index contributed by atoms with van der Waals surface area (Å²) in [6.07, 6.45) is 0. The van der Waals surface area contributed by atoms with Gasteiger partial charge in [-0.15, -0.1) is 12.4 Å². The summed E-state index contributed by atoms with van der Waals surface area (Å²) in [5, 5.41) is 3.20. The van der Waals surface area contributed by atoms with Crippen LogP contribution < -0.4 is 10.0 Å². The highest BCUT2D eigenvalue weighted by Crippen LogP contribution is 2.22. The minimum Gasteiger partial charge on any atom is -0.316 e. The van der Waals surface area contributed by atoms with Gasteiger partial charge in [0.25, 0.3) is 0 Å². The molecule has 0 fully saturated rings. The topological polar surface area (TPSA) is 58.2 Å². The SMILES string of the molecule is CNC(C)CNS(=O)(=O)c1ccc(C)cc1Cl.Cl. The van der Waals surface area contributed by atoms with Gasteiger partial charge in [-0.25, -0.2) is 13.1 Å². The van der Waals surface area contributed by atoms with E-state index in [1.165, 1.54) is 6.07 Å². The smallest absolute Gasteiger partial charge is 0.242 e. The van der Waals surface area contributed by atoms with E-state index in [1.54, 1.807) is 19.2 Å². The lowest BCUT2D eigenvalue weighted by Gasteiger charge is -2.12. The molecule has 0 heterocycles. The van der Waals surface area contributed by atoms with E-state index in [4.69, 9.17) is 11.6 Å². The third kappa shape index (κ3) is 4.74. The van der Waals surface area contributed by atoms with Crippen molar-refractivity contribution < 1.29 is 8.42 Å². The molecule has 0 radical (unpaired) electrons. The molecule has 1 aromatic rings. The Bertz CT molecular complexity index is 492. The summed E-state index contributed by atoms with van der Waals surface area (Å²) in [6.45, 7) is 4.07. The lowest BCUT2D eigenvalue weighted by Crippen LogP contribution is -2.37. The van der Waals surface area contributed by atoms with Crippen LogP contribution in [0, 0.1) is 6.92 Å². The predicted molar refractivity (Wildman–Crippen MR) is 77.1 cm³/mol. The van der Waals surface area contributed by atoms with Crippen molar-refractivity contribution in [1.82, 2.24) is 10.0 Å². The van der Waals surface area contributed by atoms with Crippen LogP contribution in [0.4, 0.5) is 0 Å². The molecule has 0 saturated carbocycles. The van der Waals surface area contributed by atoms with Crippen LogP contribution in [0.3, 0.4) is 0 Å². The van der Waals surface area contributed by atoms with Gasteiger partial charge >= 0.3 is 0 Å². The summed E-state index contributed by atoms with van der Waals surface area (Å²) in [4.78, 5) is 0.119. The third-order valence-corrected chi connectivity index (χ3v) is 4.36. The normalized spacial score (nSPS) is 12.9. The molecule has 0 bridgehead atoms. The number of hydrogen-bond acceptors (Lipinski definition) is 3. The second-order valence-corrected chi connectivity index (χ2v) is 6.12. The van der Waals surface area contributed by atoms with E-state index in [2.05, 4.69) is 10.0 Å². The maximum atomic E-state index is 12.0. The van der Waals surface area contributed by atoms with E-state index in [0.717, 1.165) is 5.56 Å². The van der Waals surface area contributed by atoms with E-state index < -0.39 is 10.0 Å². The number of halogens is 2.